The second kappa shape index (κ2) is 8.53. The Balaban J connectivity index is 1.38. The Morgan fingerprint density at radius 3 is 2.62 bits per heavy atom. The maximum Gasteiger partial charge on any atom is 0.383 e. The number of aliphatic hydroxyl groups is 1. The zero-order chi connectivity index (χ0) is 23.1. The van der Waals surface area contributed by atoms with Crippen LogP contribution in [0, 0.1) is 10.1 Å². The van der Waals surface area contributed by atoms with Crippen molar-refractivity contribution in [2.45, 2.75) is 50.8 Å². The zero-order valence-electron chi connectivity index (χ0n) is 17.7. The quantitative estimate of drug-likeness (QED) is 0.511. The highest BCUT2D eigenvalue weighted by atomic mass is 35.5. The van der Waals surface area contributed by atoms with Crippen molar-refractivity contribution in [3.8, 4) is 0 Å². The minimum absolute atomic E-state index is 0.0480. The molecule has 9 nitrogen and oxygen atoms in total. The van der Waals surface area contributed by atoms with E-state index in [0.717, 1.165) is 17.1 Å². The van der Waals surface area contributed by atoms with Crippen molar-refractivity contribution in [2.75, 3.05) is 31.1 Å². The summed E-state index contributed by atoms with van der Waals surface area (Å²) in [6, 6.07) is 3.84. The van der Waals surface area contributed by atoms with Gasteiger partial charge in [-0.05, 0) is 40.1 Å². The van der Waals surface area contributed by atoms with Crippen LogP contribution in [0.4, 0.5) is 20.4 Å². The first-order chi connectivity index (χ1) is 15.0. The highest BCUT2D eigenvalue weighted by Crippen LogP contribution is 2.31. The molecule has 4 heterocycles. The Morgan fingerprint density at radius 2 is 1.97 bits per heavy atom. The fourth-order valence-electron chi connectivity index (χ4n) is 4.31. The molecule has 174 valence electrons. The van der Waals surface area contributed by atoms with Crippen LogP contribution in [-0.2, 0) is 19.5 Å². The van der Waals surface area contributed by atoms with Gasteiger partial charge in [0.05, 0.1) is 12.1 Å². The summed E-state index contributed by atoms with van der Waals surface area (Å²) in [5.74, 6) is -2.22. The van der Waals surface area contributed by atoms with E-state index in [9.17, 15) is 24.0 Å². The first kappa shape index (κ1) is 22.8. The van der Waals surface area contributed by atoms with Gasteiger partial charge in [0.2, 0.25) is 0 Å². The van der Waals surface area contributed by atoms with Gasteiger partial charge < -0.3 is 20.1 Å². The predicted molar refractivity (Wildman–Crippen MR) is 114 cm³/mol. The van der Waals surface area contributed by atoms with Crippen molar-refractivity contribution in [1.82, 2.24) is 19.4 Å². The van der Waals surface area contributed by atoms with Gasteiger partial charge >= 0.3 is 11.1 Å². The Labute approximate surface area is 188 Å². The number of nitrogens with zero attached hydrogens (tertiary/aromatic N) is 6. The Kier molecular flexibility index (Phi) is 6.08. The molecule has 1 N–H and O–H groups in total. The van der Waals surface area contributed by atoms with E-state index in [0.29, 0.717) is 39.1 Å². The second-order valence-corrected chi connectivity index (χ2v) is 9.17. The number of piperidine rings is 1. The van der Waals surface area contributed by atoms with Crippen LogP contribution in [0.5, 0.6) is 0 Å². The number of anilines is 1. The summed E-state index contributed by atoms with van der Waals surface area (Å²) in [5.41, 5.74) is 0.792. The number of hydrogen-bond acceptors (Lipinski definition) is 7. The van der Waals surface area contributed by atoms with E-state index in [1.807, 2.05) is 17.0 Å². The predicted octanol–water partition coefficient (Wildman–Crippen LogP) is 2.88. The van der Waals surface area contributed by atoms with Crippen LogP contribution in [-0.4, -0.2) is 67.2 Å². The summed E-state index contributed by atoms with van der Waals surface area (Å²) < 4.78 is 28.2. The number of imidazole rings is 1. The summed E-state index contributed by atoms with van der Waals surface area (Å²) in [7, 11) is 0. The molecule has 0 bridgehead atoms. The highest BCUT2D eigenvalue weighted by molar-refractivity contribution is 6.28. The topological polar surface area (TPSA) is 101 Å². The molecule has 1 saturated heterocycles. The van der Waals surface area contributed by atoms with E-state index in [4.69, 9.17) is 16.6 Å². The van der Waals surface area contributed by atoms with Crippen molar-refractivity contribution in [2.24, 2.45) is 0 Å². The van der Waals surface area contributed by atoms with Gasteiger partial charge in [0.1, 0.15) is 12.0 Å². The highest BCUT2D eigenvalue weighted by Gasteiger charge is 2.35. The lowest BCUT2D eigenvalue weighted by molar-refractivity contribution is -0.389. The molecule has 1 fully saturated rings. The van der Waals surface area contributed by atoms with Crippen molar-refractivity contribution in [3.05, 3.63) is 45.0 Å². The van der Waals surface area contributed by atoms with E-state index in [1.165, 1.54) is 10.8 Å². The monoisotopic (exact) mass is 470 g/mol. The lowest BCUT2D eigenvalue weighted by Gasteiger charge is -2.36. The maximum atomic E-state index is 13.4. The molecular formula is C20H25ClF2N6O3. The molecule has 0 saturated carbocycles. The zero-order valence-corrected chi connectivity index (χ0v) is 18.4. The van der Waals surface area contributed by atoms with Crippen molar-refractivity contribution in [1.29, 1.82) is 0 Å². The lowest BCUT2D eigenvalue weighted by atomic mass is 10.0. The number of aromatic nitrogens is 3. The number of rotatable bonds is 6. The second-order valence-electron chi connectivity index (χ2n) is 8.83. The smallest absolute Gasteiger partial charge is 0.383 e. The largest absolute Gasteiger partial charge is 0.387 e. The Morgan fingerprint density at radius 1 is 1.25 bits per heavy atom. The molecule has 2 aliphatic heterocycles. The standard InChI is InChI=1S/C20H25ClF2N6O3/c1-19(30,13-28-11-17(29(31)32)25-18(28)21)12-26-7-4-15-14(10-26)2-3-16(24-15)27-8-5-20(22,23)6-9-27/h2-3,11,30H,4-10,12-13H2,1H3/t19-/m0/s1. The van der Waals surface area contributed by atoms with Crippen molar-refractivity contribution in [3.63, 3.8) is 0 Å². The molecular weight excluding hydrogens is 446 g/mol. The average Bonchev–Trinajstić information content (AvgIpc) is 3.07. The number of alkyl halides is 2. The fraction of sp³-hybridized carbons (Fsp3) is 0.600. The molecule has 2 aromatic heterocycles. The van der Waals surface area contributed by atoms with Gasteiger partial charge in [-0.2, -0.15) is 0 Å². The minimum Gasteiger partial charge on any atom is -0.387 e. The molecule has 2 aromatic rings. The Bertz CT molecular complexity index is 1010. The van der Waals surface area contributed by atoms with Crippen LogP contribution in [0.25, 0.3) is 0 Å². The number of fused-ring (bicyclic) bond motifs is 1. The van der Waals surface area contributed by atoms with E-state index in [1.54, 1.807) is 6.92 Å². The fourth-order valence-corrected chi connectivity index (χ4v) is 4.51. The number of β-amino-alcohol motifs (C(OH)–C–C–N with tert-alkyl or cyclic N) is 1. The first-order valence-corrected chi connectivity index (χ1v) is 10.8. The summed E-state index contributed by atoms with van der Waals surface area (Å²) in [5, 5.41) is 21.7. The summed E-state index contributed by atoms with van der Waals surface area (Å²) >= 11 is 5.97. The number of pyridine rings is 1. The molecule has 12 heteroatoms. The number of nitro groups is 1. The van der Waals surface area contributed by atoms with Crippen LogP contribution >= 0.6 is 11.6 Å². The third kappa shape index (κ3) is 5.16. The summed E-state index contributed by atoms with van der Waals surface area (Å²) in [6.45, 7) is 3.90. The van der Waals surface area contributed by atoms with Gasteiger partial charge in [0, 0.05) is 57.7 Å². The maximum absolute atomic E-state index is 13.4. The first-order valence-electron chi connectivity index (χ1n) is 10.4. The van der Waals surface area contributed by atoms with Crippen LogP contribution in [0.2, 0.25) is 5.28 Å². The van der Waals surface area contributed by atoms with E-state index < -0.39 is 16.4 Å². The average molecular weight is 471 g/mol. The molecule has 0 unspecified atom stereocenters. The van der Waals surface area contributed by atoms with Crippen LogP contribution < -0.4 is 4.90 Å². The molecule has 1 atom stereocenters. The molecule has 0 spiro atoms. The summed E-state index contributed by atoms with van der Waals surface area (Å²) in [4.78, 5) is 22.6. The molecule has 4 rings (SSSR count). The van der Waals surface area contributed by atoms with Crippen LogP contribution in [0.15, 0.2) is 18.3 Å². The SMILES string of the molecule is C[C@](O)(CN1CCc2nc(N3CCC(F)(F)CC3)ccc2C1)Cn1cc([N+](=O)[O-])nc1Cl. The normalized spacial score (nSPS) is 20.6. The van der Waals surface area contributed by atoms with Crippen molar-refractivity contribution < 1.29 is 18.8 Å². The van der Waals surface area contributed by atoms with Gasteiger partial charge in [0.25, 0.3) is 5.92 Å². The van der Waals surface area contributed by atoms with Gasteiger partial charge in [0.15, 0.2) is 0 Å². The molecule has 0 radical (unpaired) electrons. The molecule has 2 aliphatic rings. The number of hydrogen-bond donors (Lipinski definition) is 1. The summed E-state index contributed by atoms with van der Waals surface area (Å²) in [6.07, 6.45) is 1.59. The van der Waals surface area contributed by atoms with E-state index >= 15 is 0 Å². The van der Waals surface area contributed by atoms with Crippen LogP contribution in [0.1, 0.15) is 31.0 Å². The molecule has 32 heavy (non-hydrogen) atoms. The Hall–Kier alpha value is -2.37. The van der Waals surface area contributed by atoms with E-state index in [-0.39, 0.29) is 30.5 Å². The van der Waals surface area contributed by atoms with Gasteiger partial charge in [-0.3, -0.25) is 9.47 Å². The van der Waals surface area contributed by atoms with Crippen LogP contribution in [0.3, 0.4) is 0 Å². The number of halogens is 3. The molecule has 0 amide bonds. The molecule has 0 aromatic carbocycles. The molecule has 0 aliphatic carbocycles. The third-order valence-electron chi connectivity index (χ3n) is 5.91. The van der Waals surface area contributed by atoms with Gasteiger partial charge in [-0.25, -0.2) is 13.8 Å². The van der Waals surface area contributed by atoms with E-state index in [2.05, 4.69) is 9.88 Å². The van der Waals surface area contributed by atoms with Crippen molar-refractivity contribution >= 4 is 23.2 Å². The minimum atomic E-state index is -2.59. The lowest BCUT2D eigenvalue weighted by Crippen LogP contribution is -2.45. The van der Waals surface area contributed by atoms with Gasteiger partial charge in [-0.15, -0.1) is 0 Å². The van der Waals surface area contributed by atoms with Gasteiger partial charge in [-0.1, -0.05) is 6.07 Å². The third-order valence-corrected chi connectivity index (χ3v) is 6.21.